The normalized spacial score (nSPS) is 21.1. The summed E-state index contributed by atoms with van der Waals surface area (Å²) in [6.07, 6.45) is -9.21. The Bertz CT molecular complexity index is 2800. The van der Waals surface area contributed by atoms with E-state index in [1.165, 1.54) is 50.4 Å². The number of methoxy groups -OCH3 is 3. The number of aliphatic hydroxyl groups excluding tert-OH is 1. The molecule has 0 aliphatic carbocycles. The average molecular weight is 1270 g/mol. The standard InChI is InChI=1S/C64H93N5O21/c1-18-30-84-61(78)44-31-42(27-28-46(44)89-63-57(88-41(12)72)55(87-40(11)71)54(86-39(10)70)56(90-63)62(79)83-17)33-85-64(80)68(14)50(35(5)6)59(76)66-49(34(3)4)60(77)67(13)51(36(7)19-2)47(81-15)32-48(73)69-29-23-26-45(69)53(82-16)37(8)58(75)65-38(9)52(74)43-24-21-20-22-25-43/h18,20-22,24-25,27-28,31,34-38,45,47,49-57,63,74H,1,19,23,26,29-30,32-33H2,2-17H3,(H,65,75)(H,66,76)/t36?,37-,38-,45+,47-,49+,50+,51+,52?,53?,54+,55+,56?,57-,63?/m1/s1. The Hall–Kier alpha value is -7.68. The van der Waals surface area contributed by atoms with Crippen LogP contribution in [0.1, 0.15) is 129 Å². The molecule has 0 saturated carbocycles. The molecule has 2 heterocycles. The van der Waals surface area contributed by atoms with Gasteiger partial charge in [0, 0.05) is 55.6 Å². The fourth-order valence-electron chi connectivity index (χ4n) is 11.4. The van der Waals surface area contributed by atoms with Crippen molar-refractivity contribution < 1.29 is 100 Å². The number of hydrogen-bond donors (Lipinski definition) is 3. The second kappa shape index (κ2) is 35.1. The lowest BCUT2D eigenvalue weighted by atomic mass is 9.89. The number of aliphatic hydroxyl groups is 1. The number of carbonyl (C=O) groups excluding carboxylic acids is 10. The van der Waals surface area contributed by atoms with Crippen molar-refractivity contribution in [3.05, 3.63) is 77.9 Å². The van der Waals surface area contributed by atoms with Gasteiger partial charge in [0.2, 0.25) is 36.0 Å². The second-order valence-corrected chi connectivity index (χ2v) is 23.3. The van der Waals surface area contributed by atoms with Crippen LogP contribution in [0.2, 0.25) is 0 Å². The van der Waals surface area contributed by atoms with Crippen molar-refractivity contribution in [3.8, 4) is 5.75 Å². The predicted molar refractivity (Wildman–Crippen MR) is 323 cm³/mol. The zero-order valence-electron chi connectivity index (χ0n) is 54.6. The summed E-state index contributed by atoms with van der Waals surface area (Å²) in [5, 5.41) is 16.8. The summed E-state index contributed by atoms with van der Waals surface area (Å²) < 4.78 is 56.2. The van der Waals surface area contributed by atoms with Gasteiger partial charge in [-0.05, 0) is 60.8 Å². The maximum atomic E-state index is 14.9. The Morgan fingerprint density at radius 1 is 0.778 bits per heavy atom. The fraction of sp³-hybridized carbons (Fsp3) is 0.625. The minimum absolute atomic E-state index is 0.122. The van der Waals surface area contributed by atoms with Crippen LogP contribution < -0.4 is 15.4 Å². The van der Waals surface area contributed by atoms with Gasteiger partial charge < -0.3 is 72.9 Å². The molecule has 2 aliphatic heterocycles. The fourth-order valence-corrected chi connectivity index (χ4v) is 11.4. The molecule has 26 heteroatoms. The smallest absolute Gasteiger partial charge is 0.410 e. The number of nitrogens with one attached hydrogen (secondary N) is 2. The van der Waals surface area contributed by atoms with Gasteiger partial charge >= 0.3 is 35.9 Å². The van der Waals surface area contributed by atoms with Gasteiger partial charge in [-0.25, -0.2) is 14.4 Å². The van der Waals surface area contributed by atoms with Crippen LogP contribution in [0.5, 0.6) is 5.75 Å². The zero-order valence-corrected chi connectivity index (χ0v) is 54.6. The Morgan fingerprint density at radius 3 is 1.96 bits per heavy atom. The van der Waals surface area contributed by atoms with Crippen molar-refractivity contribution >= 4 is 59.6 Å². The highest BCUT2D eigenvalue weighted by atomic mass is 16.7. The van der Waals surface area contributed by atoms with Crippen LogP contribution in [-0.2, 0) is 87.6 Å². The van der Waals surface area contributed by atoms with E-state index < -0.39 is 151 Å². The maximum absolute atomic E-state index is 14.9. The number of likely N-dealkylation sites (tertiary alicyclic amines) is 1. The van der Waals surface area contributed by atoms with Crippen LogP contribution in [0.15, 0.2) is 61.2 Å². The summed E-state index contributed by atoms with van der Waals surface area (Å²) in [6.45, 7) is 20.6. The highest BCUT2D eigenvalue weighted by Gasteiger charge is 2.56. The molecule has 26 nitrogen and oxygen atoms in total. The third-order valence-corrected chi connectivity index (χ3v) is 16.1. The lowest BCUT2D eigenvalue weighted by Crippen LogP contribution is -2.64. The van der Waals surface area contributed by atoms with Crippen LogP contribution in [0.25, 0.3) is 0 Å². The number of ether oxygens (including phenoxy) is 10. The van der Waals surface area contributed by atoms with Gasteiger partial charge in [-0.3, -0.25) is 38.5 Å². The summed E-state index contributed by atoms with van der Waals surface area (Å²) in [5.74, 6) is -8.82. The third kappa shape index (κ3) is 19.7. The molecule has 5 unspecified atom stereocenters. The third-order valence-electron chi connectivity index (χ3n) is 16.1. The number of benzene rings is 2. The zero-order chi connectivity index (χ0) is 67.4. The van der Waals surface area contributed by atoms with E-state index in [1.807, 2.05) is 19.9 Å². The summed E-state index contributed by atoms with van der Waals surface area (Å²) >= 11 is 0. The van der Waals surface area contributed by atoms with E-state index in [2.05, 4.69) is 17.2 Å². The molecular formula is C64H93N5O21. The molecule has 5 amide bonds. The lowest BCUT2D eigenvalue weighted by Gasteiger charge is -2.43. The number of hydrogen-bond acceptors (Lipinski definition) is 21. The van der Waals surface area contributed by atoms with Crippen molar-refractivity contribution in [3.63, 3.8) is 0 Å². The molecule has 2 saturated heterocycles. The predicted octanol–water partition coefficient (Wildman–Crippen LogP) is 4.99. The molecule has 0 radical (unpaired) electrons. The molecule has 90 heavy (non-hydrogen) atoms. The van der Waals surface area contributed by atoms with Crippen LogP contribution in [0.3, 0.4) is 0 Å². The Labute approximate surface area is 527 Å². The van der Waals surface area contributed by atoms with Gasteiger partial charge in [0.05, 0.1) is 55.9 Å². The van der Waals surface area contributed by atoms with E-state index in [-0.39, 0.29) is 47.6 Å². The van der Waals surface area contributed by atoms with E-state index >= 15 is 0 Å². The van der Waals surface area contributed by atoms with Gasteiger partial charge in [0.1, 0.15) is 36.6 Å². The van der Waals surface area contributed by atoms with Crippen LogP contribution in [-0.4, -0.2) is 201 Å². The van der Waals surface area contributed by atoms with Gasteiger partial charge in [0.15, 0.2) is 18.3 Å². The first-order valence-electron chi connectivity index (χ1n) is 30.2. The summed E-state index contributed by atoms with van der Waals surface area (Å²) in [4.78, 5) is 140. The van der Waals surface area contributed by atoms with Gasteiger partial charge in [0.25, 0.3) is 0 Å². The highest BCUT2D eigenvalue weighted by molar-refractivity contribution is 5.93. The molecule has 3 N–H and O–H groups in total. The molecule has 2 aliphatic rings. The molecule has 2 fully saturated rings. The molecule has 500 valence electrons. The number of rotatable bonds is 31. The first-order valence-corrected chi connectivity index (χ1v) is 30.2. The summed E-state index contributed by atoms with van der Waals surface area (Å²) in [5.41, 5.74) is 0.555. The Morgan fingerprint density at radius 2 is 1.40 bits per heavy atom. The SMILES string of the molecule is C=CCOC(=O)c1cc(COC(=O)N(C)[C@H](C(=O)N[C@H](C(=O)N(C)[C@@H](C(C)CC)[C@@H](CC(=O)N2CCC[C@H]2C(OC)[C@@H](C)C(=O)N[C@H](C)C(O)c2ccccc2)OC)C(C)C)C(C)C)ccc1OC1OC(C(=O)OC)[C@@H](OC(C)=O)[C@H](OC(C)=O)[C@H]1OC(C)=O. The second-order valence-electron chi connectivity index (χ2n) is 23.3. The van der Waals surface area contributed by atoms with Gasteiger partial charge in [-0.15, -0.1) is 0 Å². The monoisotopic (exact) mass is 1270 g/mol. The highest BCUT2D eigenvalue weighted by Crippen LogP contribution is 2.35. The van der Waals surface area contributed by atoms with E-state index in [1.54, 1.807) is 77.8 Å². The van der Waals surface area contributed by atoms with Crippen molar-refractivity contribution in [2.75, 3.05) is 48.6 Å². The van der Waals surface area contributed by atoms with Gasteiger partial charge in [-0.2, -0.15) is 0 Å². The van der Waals surface area contributed by atoms with E-state index in [9.17, 15) is 53.1 Å². The van der Waals surface area contributed by atoms with Crippen LogP contribution in [0.4, 0.5) is 4.79 Å². The maximum Gasteiger partial charge on any atom is 0.410 e. The molecule has 2 aromatic carbocycles. The number of nitrogens with zero attached hydrogens (tertiary/aromatic N) is 3. The molecule has 0 aromatic heterocycles. The molecule has 0 bridgehead atoms. The first-order chi connectivity index (χ1) is 42.5. The average Bonchev–Trinajstić information content (AvgIpc) is 0.847. The number of esters is 5. The lowest BCUT2D eigenvalue weighted by molar-refractivity contribution is -0.282. The first kappa shape index (κ1) is 74.8. The molecule has 2 aromatic rings. The Balaban J connectivity index is 1.53. The topological polar surface area (TPSA) is 317 Å². The van der Waals surface area contributed by atoms with Crippen molar-refractivity contribution in [1.82, 2.24) is 25.3 Å². The summed E-state index contributed by atoms with van der Waals surface area (Å²) in [6, 6.07) is 8.85. The summed E-state index contributed by atoms with van der Waals surface area (Å²) in [7, 11) is 6.95. The van der Waals surface area contributed by atoms with E-state index in [4.69, 9.17) is 47.4 Å². The van der Waals surface area contributed by atoms with Crippen molar-refractivity contribution in [2.24, 2.45) is 23.7 Å². The van der Waals surface area contributed by atoms with Crippen LogP contribution in [0, 0.1) is 23.7 Å². The molecule has 0 spiro atoms. The largest absolute Gasteiger partial charge is 0.467 e. The minimum Gasteiger partial charge on any atom is -0.467 e. The Kier molecular flexibility index (Phi) is 29.1. The van der Waals surface area contributed by atoms with E-state index in [0.717, 1.165) is 32.8 Å². The molecular weight excluding hydrogens is 1170 g/mol. The van der Waals surface area contributed by atoms with E-state index in [0.29, 0.717) is 31.4 Å². The molecule has 15 atom stereocenters. The van der Waals surface area contributed by atoms with Crippen LogP contribution >= 0.6 is 0 Å². The molecule has 4 rings (SSSR count). The number of likely N-dealkylation sites (N-methyl/N-ethyl adjacent to an activating group) is 2. The number of carbonyl (C=O) groups is 10. The minimum atomic E-state index is -1.84. The quantitative estimate of drug-likeness (QED) is 0.0508. The number of amides is 5. The van der Waals surface area contributed by atoms with Gasteiger partial charge in [-0.1, -0.05) is 104 Å². The van der Waals surface area contributed by atoms with Crippen molar-refractivity contribution in [2.45, 2.75) is 188 Å². The van der Waals surface area contributed by atoms with Crippen molar-refractivity contribution in [1.29, 1.82) is 0 Å².